The number of carboxylic acid groups (broad SMARTS) is 1. The van der Waals surface area contributed by atoms with E-state index in [0.29, 0.717) is 12.2 Å². The van der Waals surface area contributed by atoms with Crippen LogP contribution in [0.15, 0.2) is 28.7 Å². The highest BCUT2D eigenvalue weighted by atomic mass is 79.9. The van der Waals surface area contributed by atoms with Gasteiger partial charge >= 0.3 is 5.97 Å². The van der Waals surface area contributed by atoms with Gasteiger partial charge in [-0.1, -0.05) is 22.9 Å². The fourth-order valence-electron chi connectivity index (χ4n) is 1.03. The van der Waals surface area contributed by atoms with Gasteiger partial charge in [0.25, 0.3) is 0 Å². The predicted octanol–water partition coefficient (Wildman–Crippen LogP) is 3.08. The second-order valence-corrected chi connectivity index (χ2v) is 4.36. The van der Waals surface area contributed by atoms with E-state index in [1.54, 1.807) is 26.0 Å². The molecule has 1 unspecified atom stereocenters. The summed E-state index contributed by atoms with van der Waals surface area (Å²) in [7, 11) is 0. The van der Waals surface area contributed by atoms with Gasteiger partial charge in [0.15, 0.2) is 0 Å². The summed E-state index contributed by atoms with van der Waals surface area (Å²) in [6.07, 6.45) is 0.415. The molecule has 0 saturated carbocycles. The van der Waals surface area contributed by atoms with E-state index in [2.05, 4.69) is 15.9 Å². The predicted molar refractivity (Wildman–Crippen MR) is 61.1 cm³/mol. The summed E-state index contributed by atoms with van der Waals surface area (Å²) in [5, 5.41) is 9.01. The van der Waals surface area contributed by atoms with Gasteiger partial charge in [0.2, 0.25) is 5.60 Å². The topological polar surface area (TPSA) is 46.5 Å². The average molecular weight is 273 g/mol. The molecule has 1 aromatic carbocycles. The smallest absolute Gasteiger partial charge is 0.347 e. The molecule has 0 bridgehead atoms. The Labute approximate surface area is 97.2 Å². The first-order valence-electron chi connectivity index (χ1n) is 4.66. The maximum absolute atomic E-state index is 11.0. The number of carbonyl (C=O) groups is 1. The molecule has 0 aliphatic carbocycles. The molecule has 0 aliphatic rings. The van der Waals surface area contributed by atoms with Crippen LogP contribution in [0.4, 0.5) is 0 Å². The molecule has 3 nitrogen and oxygen atoms in total. The molecule has 0 radical (unpaired) electrons. The molecular formula is C11H13BrO3. The van der Waals surface area contributed by atoms with Crippen molar-refractivity contribution in [2.75, 3.05) is 0 Å². The van der Waals surface area contributed by atoms with Crippen LogP contribution in [0.5, 0.6) is 5.75 Å². The first-order valence-corrected chi connectivity index (χ1v) is 5.45. The molecule has 0 aromatic heterocycles. The standard InChI is InChI=1S/C11H13BrO3/c1-3-11(2,10(13)14)15-9-6-4-8(12)5-7-9/h4-7H,3H2,1-2H3,(H,13,14). The quantitative estimate of drug-likeness (QED) is 0.916. The van der Waals surface area contributed by atoms with E-state index < -0.39 is 11.6 Å². The van der Waals surface area contributed by atoms with Gasteiger partial charge in [0.1, 0.15) is 5.75 Å². The first kappa shape index (κ1) is 12.0. The van der Waals surface area contributed by atoms with E-state index in [1.807, 2.05) is 12.1 Å². The molecular weight excluding hydrogens is 260 g/mol. The third-order valence-corrected chi connectivity index (χ3v) is 2.81. The minimum Gasteiger partial charge on any atom is -0.478 e. The maximum atomic E-state index is 11.0. The van der Waals surface area contributed by atoms with Crippen LogP contribution in [0.2, 0.25) is 0 Å². The minimum atomic E-state index is -1.16. The zero-order chi connectivity index (χ0) is 11.5. The van der Waals surface area contributed by atoms with Crippen molar-refractivity contribution < 1.29 is 14.6 Å². The summed E-state index contributed by atoms with van der Waals surface area (Å²) < 4.78 is 6.38. The molecule has 1 N–H and O–H groups in total. The number of rotatable bonds is 4. The Hall–Kier alpha value is -1.03. The third kappa shape index (κ3) is 2.96. The molecule has 0 spiro atoms. The number of aliphatic carboxylic acids is 1. The summed E-state index contributed by atoms with van der Waals surface area (Å²) >= 11 is 3.30. The van der Waals surface area contributed by atoms with E-state index in [-0.39, 0.29) is 0 Å². The molecule has 82 valence electrons. The van der Waals surface area contributed by atoms with Crippen molar-refractivity contribution in [2.24, 2.45) is 0 Å². The van der Waals surface area contributed by atoms with Gasteiger partial charge in [-0.05, 0) is 37.6 Å². The second kappa shape index (κ2) is 4.66. The van der Waals surface area contributed by atoms with E-state index in [4.69, 9.17) is 9.84 Å². The van der Waals surface area contributed by atoms with Crippen LogP contribution in [0.1, 0.15) is 20.3 Å². The molecule has 1 atom stereocenters. The van der Waals surface area contributed by atoms with Crippen LogP contribution in [0.3, 0.4) is 0 Å². The maximum Gasteiger partial charge on any atom is 0.347 e. The number of halogens is 1. The van der Waals surface area contributed by atoms with Crippen LogP contribution in [0, 0.1) is 0 Å². The molecule has 0 saturated heterocycles. The van der Waals surface area contributed by atoms with Gasteiger partial charge < -0.3 is 9.84 Å². The van der Waals surface area contributed by atoms with E-state index >= 15 is 0 Å². The molecule has 0 amide bonds. The van der Waals surface area contributed by atoms with Crippen molar-refractivity contribution in [3.8, 4) is 5.75 Å². The largest absolute Gasteiger partial charge is 0.478 e. The highest BCUT2D eigenvalue weighted by molar-refractivity contribution is 9.10. The van der Waals surface area contributed by atoms with Crippen LogP contribution >= 0.6 is 15.9 Å². The Morgan fingerprint density at radius 2 is 2.00 bits per heavy atom. The van der Waals surface area contributed by atoms with Crippen molar-refractivity contribution in [1.82, 2.24) is 0 Å². The Morgan fingerprint density at radius 3 is 2.40 bits per heavy atom. The summed E-state index contributed by atoms with van der Waals surface area (Å²) in [5.41, 5.74) is -1.16. The van der Waals surface area contributed by atoms with E-state index in [9.17, 15) is 4.79 Å². The van der Waals surface area contributed by atoms with Crippen molar-refractivity contribution in [3.05, 3.63) is 28.7 Å². The van der Waals surface area contributed by atoms with E-state index in [0.717, 1.165) is 4.47 Å². The van der Waals surface area contributed by atoms with Gasteiger partial charge in [-0.15, -0.1) is 0 Å². The van der Waals surface area contributed by atoms with Crippen molar-refractivity contribution in [2.45, 2.75) is 25.9 Å². The van der Waals surface area contributed by atoms with Gasteiger partial charge in [-0.3, -0.25) is 0 Å². The van der Waals surface area contributed by atoms with Gasteiger partial charge in [0, 0.05) is 4.47 Å². The average Bonchev–Trinajstić information content (AvgIpc) is 2.21. The van der Waals surface area contributed by atoms with Crippen LogP contribution in [-0.2, 0) is 4.79 Å². The van der Waals surface area contributed by atoms with Crippen molar-refractivity contribution >= 4 is 21.9 Å². The molecule has 1 aromatic rings. The fraction of sp³-hybridized carbons (Fsp3) is 0.364. The number of hydrogen-bond acceptors (Lipinski definition) is 2. The first-order chi connectivity index (χ1) is 6.98. The molecule has 0 heterocycles. The Kier molecular flexibility index (Phi) is 3.74. The lowest BCUT2D eigenvalue weighted by atomic mass is 10.0. The summed E-state index contributed by atoms with van der Waals surface area (Å²) in [6.45, 7) is 3.35. The summed E-state index contributed by atoms with van der Waals surface area (Å²) in [6, 6.07) is 7.10. The van der Waals surface area contributed by atoms with Gasteiger partial charge in [-0.2, -0.15) is 0 Å². The minimum absolute atomic E-state index is 0.415. The second-order valence-electron chi connectivity index (χ2n) is 3.45. The van der Waals surface area contributed by atoms with Gasteiger partial charge in [0.05, 0.1) is 0 Å². The third-order valence-electron chi connectivity index (χ3n) is 2.28. The zero-order valence-corrected chi connectivity index (χ0v) is 10.2. The Bertz CT molecular complexity index is 347. The lowest BCUT2D eigenvalue weighted by Crippen LogP contribution is -2.40. The van der Waals surface area contributed by atoms with Crippen LogP contribution in [0.25, 0.3) is 0 Å². The normalized spacial score (nSPS) is 14.3. The number of benzene rings is 1. The monoisotopic (exact) mass is 272 g/mol. The van der Waals surface area contributed by atoms with Crippen molar-refractivity contribution in [1.29, 1.82) is 0 Å². The Morgan fingerprint density at radius 1 is 1.47 bits per heavy atom. The fourth-order valence-corrected chi connectivity index (χ4v) is 1.29. The number of ether oxygens (including phenoxy) is 1. The van der Waals surface area contributed by atoms with Crippen LogP contribution in [-0.4, -0.2) is 16.7 Å². The molecule has 0 fully saturated rings. The highest BCUT2D eigenvalue weighted by Crippen LogP contribution is 2.23. The highest BCUT2D eigenvalue weighted by Gasteiger charge is 2.33. The number of hydrogen-bond donors (Lipinski definition) is 1. The SMILES string of the molecule is CCC(C)(Oc1ccc(Br)cc1)C(=O)O. The van der Waals surface area contributed by atoms with Crippen molar-refractivity contribution in [3.63, 3.8) is 0 Å². The van der Waals surface area contributed by atoms with E-state index in [1.165, 1.54) is 0 Å². The molecule has 1 rings (SSSR count). The molecule has 0 aliphatic heterocycles. The summed E-state index contributed by atoms with van der Waals surface area (Å²) in [4.78, 5) is 11.0. The van der Waals surface area contributed by atoms with Crippen LogP contribution < -0.4 is 4.74 Å². The Balaban J connectivity index is 2.84. The molecule has 4 heteroatoms. The summed E-state index contributed by atoms with van der Waals surface area (Å²) in [5.74, 6) is -0.391. The molecule has 15 heavy (non-hydrogen) atoms. The number of carboxylic acids is 1. The lowest BCUT2D eigenvalue weighted by Gasteiger charge is -2.24. The zero-order valence-electron chi connectivity index (χ0n) is 8.66. The lowest BCUT2D eigenvalue weighted by molar-refractivity contribution is -0.154. The van der Waals surface area contributed by atoms with Gasteiger partial charge in [-0.25, -0.2) is 4.79 Å².